The molecule has 0 radical (unpaired) electrons. The quantitative estimate of drug-likeness (QED) is 0.544. The van der Waals surface area contributed by atoms with Gasteiger partial charge in [-0.05, 0) is 6.07 Å². The van der Waals surface area contributed by atoms with Crippen molar-refractivity contribution in [3.8, 4) is 0 Å². The van der Waals surface area contributed by atoms with Gasteiger partial charge in [-0.1, -0.05) is 0 Å². The standard InChI is InChI=1S/C7H8N2O5/c8-4(3-7(10)11)5-1-2-6(14-5)9(12)13/h1-2,4H,3,8H2,(H,10,11). The molecule has 0 aromatic carbocycles. The van der Waals surface area contributed by atoms with Crippen molar-refractivity contribution in [1.29, 1.82) is 0 Å². The second kappa shape index (κ2) is 3.88. The van der Waals surface area contributed by atoms with Gasteiger partial charge in [0.15, 0.2) is 0 Å². The topological polar surface area (TPSA) is 120 Å². The number of hydrogen-bond acceptors (Lipinski definition) is 5. The number of carboxylic acids is 1. The molecule has 14 heavy (non-hydrogen) atoms. The van der Waals surface area contributed by atoms with E-state index >= 15 is 0 Å². The summed E-state index contributed by atoms with van der Waals surface area (Å²) in [6.45, 7) is 0. The number of carboxylic acid groups (broad SMARTS) is 1. The molecular formula is C7H8N2O5. The van der Waals surface area contributed by atoms with Gasteiger partial charge in [0, 0.05) is 0 Å². The Morgan fingerprint density at radius 2 is 2.36 bits per heavy atom. The van der Waals surface area contributed by atoms with Crippen LogP contribution in [0.15, 0.2) is 16.5 Å². The Morgan fingerprint density at radius 1 is 1.71 bits per heavy atom. The van der Waals surface area contributed by atoms with Crippen molar-refractivity contribution in [2.24, 2.45) is 5.73 Å². The highest BCUT2D eigenvalue weighted by atomic mass is 16.6. The van der Waals surface area contributed by atoms with Crippen LogP contribution >= 0.6 is 0 Å². The number of hydrogen-bond donors (Lipinski definition) is 2. The molecule has 76 valence electrons. The molecule has 0 saturated heterocycles. The minimum absolute atomic E-state index is 0.0964. The summed E-state index contributed by atoms with van der Waals surface area (Å²) in [5.74, 6) is -1.43. The fourth-order valence-electron chi connectivity index (χ4n) is 0.928. The molecule has 7 nitrogen and oxygen atoms in total. The molecule has 0 aliphatic carbocycles. The van der Waals surface area contributed by atoms with E-state index in [1.54, 1.807) is 0 Å². The maximum Gasteiger partial charge on any atom is 0.433 e. The second-order valence-electron chi connectivity index (χ2n) is 2.64. The summed E-state index contributed by atoms with van der Waals surface area (Å²) in [6, 6.07) is 1.57. The lowest BCUT2D eigenvalue weighted by Gasteiger charge is -2.02. The van der Waals surface area contributed by atoms with Crippen LogP contribution in [0.4, 0.5) is 5.88 Å². The maximum atomic E-state index is 10.3. The fourth-order valence-corrected chi connectivity index (χ4v) is 0.928. The summed E-state index contributed by atoms with van der Waals surface area (Å²) in [4.78, 5) is 19.8. The molecule has 0 saturated carbocycles. The van der Waals surface area contributed by atoms with Crippen molar-refractivity contribution < 1.29 is 19.2 Å². The lowest BCUT2D eigenvalue weighted by atomic mass is 10.2. The highest BCUT2D eigenvalue weighted by Crippen LogP contribution is 2.21. The minimum Gasteiger partial charge on any atom is -0.481 e. The molecule has 0 fully saturated rings. The highest BCUT2D eigenvalue weighted by molar-refractivity contribution is 5.67. The zero-order valence-corrected chi connectivity index (χ0v) is 7.04. The Morgan fingerprint density at radius 3 is 2.79 bits per heavy atom. The third kappa shape index (κ3) is 2.30. The summed E-state index contributed by atoms with van der Waals surface area (Å²) >= 11 is 0. The van der Waals surface area contributed by atoms with E-state index in [1.807, 2.05) is 0 Å². The Labute approximate surface area is 78.3 Å². The van der Waals surface area contributed by atoms with Gasteiger partial charge in [0.05, 0.1) is 18.5 Å². The summed E-state index contributed by atoms with van der Waals surface area (Å²) < 4.78 is 4.72. The normalized spacial score (nSPS) is 12.4. The predicted octanol–water partition coefficient (Wildman–Crippen LogP) is 0.662. The van der Waals surface area contributed by atoms with Crippen LogP contribution in [0.2, 0.25) is 0 Å². The summed E-state index contributed by atoms with van der Waals surface area (Å²) in [6.07, 6.45) is -0.329. The van der Waals surface area contributed by atoms with E-state index in [9.17, 15) is 14.9 Å². The molecule has 1 rings (SSSR count). The summed E-state index contributed by atoms with van der Waals surface area (Å²) in [5.41, 5.74) is 5.41. The minimum atomic E-state index is -1.09. The third-order valence-corrected chi connectivity index (χ3v) is 1.55. The molecule has 0 bridgehead atoms. The first-order valence-electron chi connectivity index (χ1n) is 3.72. The van der Waals surface area contributed by atoms with Crippen LogP contribution in [-0.4, -0.2) is 16.0 Å². The van der Waals surface area contributed by atoms with E-state index in [0.717, 1.165) is 6.07 Å². The highest BCUT2D eigenvalue weighted by Gasteiger charge is 2.18. The molecule has 1 aromatic rings. The van der Waals surface area contributed by atoms with Crippen LogP contribution in [-0.2, 0) is 4.79 Å². The molecule has 7 heteroatoms. The van der Waals surface area contributed by atoms with E-state index in [1.165, 1.54) is 6.07 Å². The van der Waals surface area contributed by atoms with Gasteiger partial charge in [0.1, 0.15) is 10.7 Å². The van der Waals surface area contributed by atoms with Crippen molar-refractivity contribution >= 4 is 11.9 Å². The van der Waals surface area contributed by atoms with Gasteiger partial charge in [-0.2, -0.15) is 0 Å². The van der Waals surface area contributed by atoms with Crippen molar-refractivity contribution in [3.05, 3.63) is 28.0 Å². The number of aliphatic carboxylic acids is 1. The molecule has 0 aliphatic heterocycles. The molecule has 1 heterocycles. The molecule has 1 atom stereocenters. The second-order valence-corrected chi connectivity index (χ2v) is 2.64. The number of rotatable bonds is 4. The van der Waals surface area contributed by atoms with Gasteiger partial charge in [-0.15, -0.1) is 0 Å². The molecule has 0 spiro atoms. The number of furan rings is 1. The Kier molecular flexibility index (Phi) is 2.82. The fraction of sp³-hybridized carbons (Fsp3) is 0.286. The van der Waals surface area contributed by atoms with E-state index in [0.29, 0.717) is 0 Å². The Bertz CT molecular complexity index is 359. The Hall–Kier alpha value is -1.89. The van der Waals surface area contributed by atoms with E-state index < -0.39 is 22.8 Å². The van der Waals surface area contributed by atoms with E-state index in [-0.39, 0.29) is 12.2 Å². The van der Waals surface area contributed by atoms with Crippen LogP contribution in [0, 0.1) is 10.1 Å². The van der Waals surface area contributed by atoms with Crippen molar-refractivity contribution in [2.45, 2.75) is 12.5 Å². The zero-order valence-electron chi connectivity index (χ0n) is 7.04. The van der Waals surface area contributed by atoms with Crippen LogP contribution < -0.4 is 5.73 Å². The maximum absolute atomic E-state index is 10.3. The molecule has 1 aromatic heterocycles. The lowest BCUT2D eigenvalue weighted by molar-refractivity contribution is -0.402. The molecule has 0 amide bonds. The van der Waals surface area contributed by atoms with Crippen molar-refractivity contribution in [1.82, 2.24) is 0 Å². The zero-order chi connectivity index (χ0) is 10.7. The van der Waals surface area contributed by atoms with Gasteiger partial charge in [0.25, 0.3) is 0 Å². The van der Waals surface area contributed by atoms with Crippen LogP contribution in [0.1, 0.15) is 18.2 Å². The molecule has 3 N–H and O–H groups in total. The number of carbonyl (C=O) groups is 1. The molecule has 0 aliphatic rings. The third-order valence-electron chi connectivity index (χ3n) is 1.55. The van der Waals surface area contributed by atoms with Crippen LogP contribution in [0.25, 0.3) is 0 Å². The van der Waals surface area contributed by atoms with Gasteiger partial charge < -0.3 is 15.3 Å². The lowest BCUT2D eigenvalue weighted by Crippen LogP contribution is -2.14. The molecular weight excluding hydrogens is 192 g/mol. The molecule has 1 unspecified atom stereocenters. The van der Waals surface area contributed by atoms with Crippen molar-refractivity contribution in [3.63, 3.8) is 0 Å². The van der Waals surface area contributed by atoms with Crippen LogP contribution in [0.3, 0.4) is 0 Å². The van der Waals surface area contributed by atoms with Crippen LogP contribution in [0.5, 0.6) is 0 Å². The van der Waals surface area contributed by atoms with Gasteiger partial charge in [-0.3, -0.25) is 14.9 Å². The first-order valence-corrected chi connectivity index (χ1v) is 3.72. The first-order chi connectivity index (χ1) is 6.50. The number of nitro groups is 1. The largest absolute Gasteiger partial charge is 0.481 e. The number of nitrogens with two attached hydrogens (primary N) is 1. The summed E-state index contributed by atoms with van der Waals surface area (Å²) in [7, 11) is 0. The van der Waals surface area contributed by atoms with Crippen molar-refractivity contribution in [2.75, 3.05) is 0 Å². The first kappa shape index (κ1) is 10.2. The van der Waals surface area contributed by atoms with Gasteiger partial charge in [0.2, 0.25) is 0 Å². The smallest absolute Gasteiger partial charge is 0.433 e. The predicted molar refractivity (Wildman–Crippen MR) is 44.5 cm³/mol. The van der Waals surface area contributed by atoms with Gasteiger partial charge in [-0.25, -0.2) is 0 Å². The summed E-state index contributed by atoms with van der Waals surface area (Å²) in [5, 5.41) is 18.6. The SMILES string of the molecule is NC(CC(=O)O)c1ccc([N+](=O)[O-])o1. The Balaban J connectivity index is 2.76. The van der Waals surface area contributed by atoms with E-state index in [4.69, 9.17) is 15.3 Å². The number of nitrogens with zero attached hydrogens (tertiary/aromatic N) is 1. The van der Waals surface area contributed by atoms with E-state index in [2.05, 4.69) is 0 Å². The van der Waals surface area contributed by atoms with Gasteiger partial charge >= 0.3 is 11.9 Å². The average molecular weight is 200 g/mol. The monoisotopic (exact) mass is 200 g/mol. The average Bonchev–Trinajstić information content (AvgIpc) is 2.50.